The second-order valence-corrected chi connectivity index (χ2v) is 9.96. The largest absolute Gasteiger partial charge is 0.493 e. The maximum atomic E-state index is 13.8. The van der Waals surface area contributed by atoms with Crippen LogP contribution in [0.1, 0.15) is 53.9 Å². The Labute approximate surface area is 213 Å². The van der Waals surface area contributed by atoms with Gasteiger partial charge in [0.1, 0.15) is 6.61 Å². The molecule has 3 aromatic rings. The summed E-state index contributed by atoms with van der Waals surface area (Å²) in [6.07, 6.45) is 0.715. The van der Waals surface area contributed by atoms with Crippen LogP contribution < -0.4 is 18.9 Å². The van der Waals surface area contributed by atoms with Crippen molar-refractivity contribution >= 4 is 5.91 Å². The fourth-order valence-corrected chi connectivity index (χ4v) is 4.64. The predicted octanol–water partition coefficient (Wildman–Crippen LogP) is 5.83. The molecule has 0 aliphatic carbocycles. The lowest BCUT2D eigenvalue weighted by molar-refractivity contribution is 0.0587. The molecule has 1 aliphatic heterocycles. The van der Waals surface area contributed by atoms with Crippen LogP contribution in [-0.2, 0) is 11.8 Å². The molecule has 0 bridgehead atoms. The summed E-state index contributed by atoms with van der Waals surface area (Å²) in [5.74, 6) is 2.57. The van der Waals surface area contributed by atoms with Crippen molar-refractivity contribution in [1.82, 2.24) is 4.90 Å². The van der Waals surface area contributed by atoms with Crippen LogP contribution in [0.5, 0.6) is 23.0 Å². The zero-order valence-corrected chi connectivity index (χ0v) is 22.0. The Balaban J connectivity index is 1.70. The Morgan fingerprint density at radius 1 is 0.861 bits per heavy atom. The highest BCUT2D eigenvalue weighted by molar-refractivity contribution is 5.94. The van der Waals surface area contributed by atoms with Crippen LogP contribution in [-0.4, -0.2) is 45.3 Å². The molecule has 1 amide bonds. The molecule has 6 heteroatoms. The standard InChI is InChI=1S/C30H35NO5/c1-30(2,3)22-13-11-20(12-14-22)29(32)31-16-15-21-17-27(34-5)28(35-6)18-23(21)24(31)19-36-26-10-8-7-9-25(26)33-4/h7-14,17-18,24H,15-16,19H2,1-6H3. The molecular weight excluding hydrogens is 454 g/mol. The SMILES string of the molecule is COc1cc2c(cc1OC)C(COc1ccccc1OC)N(C(=O)c1ccc(C(C)(C)C)cc1)CC2. The van der Waals surface area contributed by atoms with Crippen molar-refractivity contribution in [3.8, 4) is 23.0 Å². The normalized spacial score (nSPS) is 15.2. The number of benzene rings is 3. The summed E-state index contributed by atoms with van der Waals surface area (Å²) in [4.78, 5) is 15.7. The topological polar surface area (TPSA) is 57.2 Å². The third kappa shape index (κ3) is 5.13. The van der Waals surface area contributed by atoms with Crippen molar-refractivity contribution in [1.29, 1.82) is 0 Å². The number of rotatable bonds is 7. The lowest BCUT2D eigenvalue weighted by atomic mass is 9.86. The van der Waals surface area contributed by atoms with Gasteiger partial charge in [0, 0.05) is 12.1 Å². The van der Waals surface area contributed by atoms with Gasteiger partial charge in [-0.15, -0.1) is 0 Å². The molecule has 1 unspecified atom stereocenters. The lowest BCUT2D eigenvalue weighted by Gasteiger charge is -2.38. The number of para-hydroxylation sites is 2. The number of hydrogen-bond acceptors (Lipinski definition) is 5. The molecule has 190 valence electrons. The van der Waals surface area contributed by atoms with E-state index in [4.69, 9.17) is 18.9 Å². The van der Waals surface area contributed by atoms with E-state index in [0.29, 0.717) is 41.5 Å². The highest BCUT2D eigenvalue weighted by Gasteiger charge is 2.33. The number of ether oxygens (including phenoxy) is 4. The minimum Gasteiger partial charge on any atom is -0.493 e. The molecule has 1 heterocycles. The number of hydrogen-bond donors (Lipinski definition) is 0. The highest BCUT2D eigenvalue weighted by atomic mass is 16.5. The minimum atomic E-state index is -0.312. The summed E-state index contributed by atoms with van der Waals surface area (Å²) in [6.45, 7) is 7.34. The summed E-state index contributed by atoms with van der Waals surface area (Å²) in [5, 5.41) is 0. The molecule has 0 radical (unpaired) electrons. The van der Waals surface area contributed by atoms with Gasteiger partial charge in [-0.2, -0.15) is 0 Å². The molecule has 1 aliphatic rings. The fourth-order valence-electron chi connectivity index (χ4n) is 4.64. The van der Waals surface area contributed by atoms with Crippen LogP contribution in [0.3, 0.4) is 0 Å². The third-order valence-corrected chi connectivity index (χ3v) is 6.73. The average molecular weight is 490 g/mol. The van der Waals surface area contributed by atoms with Gasteiger partial charge >= 0.3 is 0 Å². The van der Waals surface area contributed by atoms with Crippen LogP contribution in [0.25, 0.3) is 0 Å². The summed E-state index contributed by atoms with van der Waals surface area (Å²) < 4.78 is 22.8. The molecule has 6 nitrogen and oxygen atoms in total. The van der Waals surface area contributed by atoms with Crippen molar-refractivity contribution in [3.63, 3.8) is 0 Å². The van der Waals surface area contributed by atoms with E-state index in [-0.39, 0.29) is 24.0 Å². The molecule has 3 aromatic carbocycles. The first-order valence-corrected chi connectivity index (χ1v) is 12.2. The molecule has 0 saturated heterocycles. The highest BCUT2D eigenvalue weighted by Crippen LogP contribution is 2.39. The first-order valence-electron chi connectivity index (χ1n) is 12.2. The van der Waals surface area contributed by atoms with Gasteiger partial charge in [-0.05, 0) is 64.9 Å². The lowest BCUT2D eigenvalue weighted by Crippen LogP contribution is -2.42. The van der Waals surface area contributed by atoms with Crippen LogP contribution in [0.15, 0.2) is 60.7 Å². The molecule has 0 spiro atoms. The van der Waals surface area contributed by atoms with E-state index in [9.17, 15) is 4.79 Å². The van der Waals surface area contributed by atoms with Gasteiger partial charge in [-0.1, -0.05) is 45.0 Å². The summed E-state index contributed by atoms with van der Waals surface area (Å²) in [5.41, 5.74) is 3.99. The van der Waals surface area contributed by atoms with Gasteiger partial charge < -0.3 is 23.8 Å². The number of carbonyl (C=O) groups excluding carboxylic acids is 1. The number of amides is 1. The van der Waals surface area contributed by atoms with E-state index in [0.717, 1.165) is 11.1 Å². The monoisotopic (exact) mass is 489 g/mol. The van der Waals surface area contributed by atoms with E-state index in [1.807, 2.05) is 65.6 Å². The van der Waals surface area contributed by atoms with Crippen LogP contribution in [0.2, 0.25) is 0 Å². The predicted molar refractivity (Wildman–Crippen MR) is 141 cm³/mol. The number of carbonyl (C=O) groups is 1. The van der Waals surface area contributed by atoms with Crippen molar-refractivity contribution in [2.75, 3.05) is 34.5 Å². The van der Waals surface area contributed by atoms with Crippen molar-refractivity contribution in [3.05, 3.63) is 82.9 Å². The number of fused-ring (bicyclic) bond motifs is 1. The summed E-state index contributed by atoms with van der Waals surface area (Å²) in [7, 11) is 4.87. The van der Waals surface area contributed by atoms with Gasteiger partial charge in [0.05, 0.1) is 27.4 Å². The zero-order valence-electron chi connectivity index (χ0n) is 22.0. The van der Waals surface area contributed by atoms with Crippen LogP contribution in [0.4, 0.5) is 0 Å². The van der Waals surface area contributed by atoms with Crippen molar-refractivity contribution < 1.29 is 23.7 Å². The van der Waals surface area contributed by atoms with Gasteiger partial charge in [-0.3, -0.25) is 4.79 Å². The summed E-state index contributed by atoms with van der Waals surface area (Å²) >= 11 is 0. The Bertz CT molecular complexity index is 1210. The molecule has 1 atom stereocenters. The molecule has 0 fully saturated rings. The quantitative estimate of drug-likeness (QED) is 0.418. The van der Waals surface area contributed by atoms with Gasteiger partial charge in [0.15, 0.2) is 23.0 Å². The van der Waals surface area contributed by atoms with E-state index in [1.54, 1.807) is 21.3 Å². The third-order valence-electron chi connectivity index (χ3n) is 6.73. The molecule has 0 saturated carbocycles. The zero-order chi connectivity index (χ0) is 25.9. The average Bonchev–Trinajstić information content (AvgIpc) is 2.90. The van der Waals surface area contributed by atoms with Crippen LogP contribution >= 0.6 is 0 Å². The Morgan fingerprint density at radius 2 is 1.47 bits per heavy atom. The van der Waals surface area contributed by atoms with E-state index in [1.165, 1.54) is 5.56 Å². The van der Waals surface area contributed by atoms with Gasteiger partial charge in [0.25, 0.3) is 5.91 Å². The number of methoxy groups -OCH3 is 3. The van der Waals surface area contributed by atoms with Crippen molar-refractivity contribution in [2.45, 2.75) is 38.6 Å². The van der Waals surface area contributed by atoms with Gasteiger partial charge in [-0.25, -0.2) is 0 Å². The van der Waals surface area contributed by atoms with Crippen LogP contribution in [0, 0.1) is 0 Å². The van der Waals surface area contributed by atoms with E-state index in [2.05, 4.69) is 20.8 Å². The minimum absolute atomic E-state index is 0.0202. The van der Waals surface area contributed by atoms with E-state index < -0.39 is 0 Å². The Hall–Kier alpha value is -3.67. The maximum absolute atomic E-state index is 13.8. The molecule has 4 rings (SSSR count). The first-order chi connectivity index (χ1) is 17.3. The van der Waals surface area contributed by atoms with E-state index >= 15 is 0 Å². The second kappa shape index (κ2) is 10.5. The smallest absolute Gasteiger partial charge is 0.254 e. The fraction of sp³-hybridized carbons (Fsp3) is 0.367. The van der Waals surface area contributed by atoms with Crippen molar-refractivity contribution in [2.24, 2.45) is 0 Å². The molecular formula is C30H35NO5. The van der Waals surface area contributed by atoms with Gasteiger partial charge in [0.2, 0.25) is 0 Å². The maximum Gasteiger partial charge on any atom is 0.254 e. The summed E-state index contributed by atoms with van der Waals surface area (Å²) in [6, 6.07) is 19.1. The Morgan fingerprint density at radius 3 is 2.08 bits per heavy atom. The molecule has 0 aromatic heterocycles. The second-order valence-electron chi connectivity index (χ2n) is 9.96. The molecule has 0 N–H and O–H groups in total. The molecule has 36 heavy (non-hydrogen) atoms. The first kappa shape index (κ1) is 25.4. The Kier molecular flexibility index (Phi) is 7.43. The number of nitrogens with zero attached hydrogens (tertiary/aromatic N) is 1.